The van der Waals surface area contributed by atoms with Gasteiger partial charge < -0.3 is 29.2 Å². The summed E-state index contributed by atoms with van der Waals surface area (Å²) in [7, 11) is 5.34. The van der Waals surface area contributed by atoms with Crippen LogP contribution in [0.25, 0.3) is 33.6 Å². The first-order chi connectivity index (χ1) is 20.4. The van der Waals surface area contributed by atoms with Crippen LogP contribution >= 0.6 is 0 Å². The number of aromatic nitrogens is 5. The zero-order valence-electron chi connectivity index (χ0n) is 24.4. The fourth-order valence-corrected chi connectivity index (χ4v) is 6.27. The van der Waals surface area contributed by atoms with Crippen LogP contribution in [0.1, 0.15) is 41.6 Å². The number of hydrogen-bond donors (Lipinski definition) is 1. The first kappa shape index (κ1) is 26.6. The number of amides is 1. The van der Waals surface area contributed by atoms with E-state index in [2.05, 4.69) is 32.0 Å². The maximum Gasteiger partial charge on any atom is 0.254 e. The third kappa shape index (κ3) is 4.69. The third-order valence-electron chi connectivity index (χ3n) is 8.68. The van der Waals surface area contributed by atoms with Crippen LogP contribution < -0.4 is 15.2 Å². The highest BCUT2D eigenvalue weighted by Crippen LogP contribution is 2.38. The van der Waals surface area contributed by atoms with Crippen LogP contribution in [0.3, 0.4) is 0 Å². The molecule has 2 aromatic carbocycles. The van der Waals surface area contributed by atoms with Crippen LogP contribution in [0.5, 0.6) is 11.5 Å². The molecule has 2 N–H and O–H groups in total. The summed E-state index contributed by atoms with van der Waals surface area (Å²) in [5, 5.41) is 5.84. The number of nitrogens with zero attached hydrogens (tertiary/aromatic N) is 6. The number of likely N-dealkylation sites (tertiary alicyclic amines) is 1. The Labute approximate surface area is 244 Å². The van der Waals surface area contributed by atoms with Crippen molar-refractivity contribution in [1.29, 1.82) is 0 Å². The predicted molar refractivity (Wildman–Crippen MR) is 162 cm³/mol. The Bertz CT molecular complexity index is 1780. The van der Waals surface area contributed by atoms with E-state index in [1.807, 2.05) is 42.4 Å². The summed E-state index contributed by atoms with van der Waals surface area (Å²) in [5.74, 6) is 2.92. The number of methoxy groups -OCH3 is 2. The standard InChI is InChI=1S/C32H37N7O3/c1-36-29-26(13-22(15-28(29)42-3)32(40)37-12-4-5-24(33)19-37)35-30(36)27-14-23-16-34-39(31(23)38(27)17-20-6-7-20)18-21-8-10-25(41-2)11-9-21/h8-11,13-16,20,24H,4-7,12,17-19,33H2,1-3H3. The number of rotatable bonds is 8. The first-order valence-corrected chi connectivity index (χ1v) is 14.7. The van der Waals surface area contributed by atoms with E-state index >= 15 is 0 Å². The zero-order chi connectivity index (χ0) is 29.0. The second kappa shape index (κ2) is 10.5. The summed E-state index contributed by atoms with van der Waals surface area (Å²) < 4.78 is 17.7. The molecule has 0 spiro atoms. The monoisotopic (exact) mass is 567 g/mol. The number of carbonyl (C=O) groups excluding carboxylic acids is 1. The molecule has 1 atom stereocenters. The number of imidazole rings is 1. The Hall–Kier alpha value is -4.31. The molecule has 218 valence electrons. The third-order valence-corrected chi connectivity index (χ3v) is 8.68. The molecule has 10 nitrogen and oxygen atoms in total. The van der Waals surface area contributed by atoms with E-state index in [0.29, 0.717) is 30.3 Å². The summed E-state index contributed by atoms with van der Waals surface area (Å²) in [6, 6.07) is 14.1. The topological polar surface area (TPSA) is 105 Å². The van der Waals surface area contributed by atoms with Gasteiger partial charge in [0.05, 0.1) is 38.2 Å². The lowest BCUT2D eigenvalue weighted by Crippen LogP contribution is -2.45. The van der Waals surface area contributed by atoms with Crippen molar-refractivity contribution in [3.8, 4) is 23.0 Å². The van der Waals surface area contributed by atoms with Crippen molar-refractivity contribution in [1.82, 2.24) is 28.8 Å². The molecule has 1 saturated heterocycles. The number of nitrogens with two attached hydrogens (primary N) is 1. The van der Waals surface area contributed by atoms with Crippen LogP contribution in [0.2, 0.25) is 0 Å². The minimum Gasteiger partial charge on any atom is -0.497 e. The summed E-state index contributed by atoms with van der Waals surface area (Å²) in [6.07, 6.45) is 6.26. The summed E-state index contributed by atoms with van der Waals surface area (Å²) in [4.78, 5) is 20.4. The SMILES string of the molecule is COc1ccc(Cn2ncc3cc(-c4nc5cc(C(=O)N6CCCC(N)C6)cc(OC)c5n4C)n(CC4CC4)c32)cc1. The average molecular weight is 568 g/mol. The van der Waals surface area contributed by atoms with Gasteiger partial charge in [0.1, 0.15) is 22.7 Å². The molecule has 0 bridgehead atoms. The molecule has 4 heterocycles. The second-order valence-corrected chi connectivity index (χ2v) is 11.7. The number of hydrogen-bond acceptors (Lipinski definition) is 6. The van der Waals surface area contributed by atoms with Crippen LogP contribution in [0.4, 0.5) is 0 Å². The van der Waals surface area contributed by atoms with Crippen LogP contribution in [-0.2, 0) is 20.1 Å². The van der Waals surface area contributed by atoms with Gasteiger partial charge in [0.25, 0.3) is 5.91 Å². The molecule has 42 heavy (non-hydrogen) atoms. The normalized spacial score (nSPS) is 17.3. The first-order valence-electron chi connectivity index (χ1n) is 14.7. The predicted octanol–water partition coefficient (Wildman–Crippen LogP) is 4.43. The van der Waals surface area contributed by atoms with Gasteiger partial charge >= 0.3 is 0 Å². The van der Waals surface area contributed by atoms with E-state index in [4.69, 9.17) is 25.3 Å². The smallest absolute Gasteiger partial charge is 0.254 e. The summed E-state index contributed by atoms with van der Waals surface area (Å²) >= 11 is 0. The van der Waals surface area contributed by atoms with Crippen molar-refractivity contribution < 1.29 is 14.3 Å². The van der Waals surface area contributed by atoms with Crippen molar-refractivity contribution in [3.63, 3.8) is 0 Å². The van der Waals surface area contributed by atoms with Gasteiger partial charge in [0.15, 0.2) is 5.82 Å². The molecule has 1 amide bonds. The van der Waals surface area contributed by atoms with Crippen molar-refractivity contribution in [2.45, 2.75) is 44.8 Å². The van der Waals surface area contributed by atoms with Crippen LogP contribution in [0, 0.1) is 5.92 Å². The lowest BCUT2D eigenvalue weighted by atomic mass is 10.0. The second-order valence-electron chi connectivity index (χ2n) is 11.7. The molecule has 1 aliphatic heterocycles. The molecule has 1 aliphatic carbocycles. The molecule has 3 aromatic heterocycles. The van der Waals surface area contributed by atoms with Gasteiger partial charge in [-0.05, 0) is 67.5 Å². The van der Waals surface area contributed by atoms with Gasteiger partial charge in [-0.25, -0.2) is 9.67 Å². The molecule has 5 aromatic rings. The number of carbonyl (C=O) groups is 1. The molecule has 10 heteroatoms. The van der Waals surface area contributed by atoms with Crippen molar-refractivity contribution in [2.24, 2.45) is 18.7 Å². The van der Waals surface area contributed by atoms with Gasteiger partial charge in [-0.15, -0.1) is 0 Å². The van der Waals surface area contributed by atoms with Crippen LogP contribution in [0.15, 0.2) is 48.7 Å². The number of ether oxygens (including phenoxy) is 2. The highest BCUT2D eigenvalue weighted by atomic mass is 16.5. The molecule has 7 rings (SSSR count). The van der Waals surface area contributed by atoms with E-state index in [9.17, 15) is 4.79 Å². The zero-order valence-corrected chi connectivity index (χ0v) is 24.4. The van der Waals surface area contributed by atoms with Gasteiger partial charge in [0.2, 0.25) is 0 Å². The lowest BCUT2D eigenvalue weighted by molar-refractivity contribution is 0.0708. The number of aryl methyl sites for hydroxylation is 1. The minimum atomic E-state index is -0.0287. The Morgan fingerprint density at radius 2 is 1.88 bits per heavy atom. The highest BCUT2D eigenvalue weighted by molar-refractivity contribution is 6.00. The fourth-order valence-electron chi connectivity index (χ4n) is 6.27. The quantitative estimate of drug-likeness (QED) is 0.297. The maximum atomic E-state index is 13.5. The van der Waals surface area contributed by atoms with Gasteiger partial charge in [-0.3, -0.25) is 4.79 Å². The van der Waals surface area contributed by atoms with Gasteiger partial charge in [-0.2, -0.15) is 5.10 Å². The van der Waals surface area contributed by atoms with E-state index in [1.165, 1.54) is 12.8 Å². The average Bonchev–Trinajstić information content (AvgIpc) is 3.51. The highest BCUT2D eigenvalue weighted by Gasteiger charge is 2.29. The van der Waals surface area contributed by atoms with E-state index in [0.717, 1.165) is 70.8 Å². The van der Waals surface area contributed by atoms with E-state index < -0.39 is 0 Å². The van der Waals surface area contributed by atoms with Crippen LogP contribution in [-0.4, -0.2) is 68.1 Å². The molecular weight excluding hydrogens is 530 g/mol. The Balaban J connectivity index is 1.31. The van der Waals surface area contributed by atoms with Gasteiger partial charge in [-0.1, -0.05) is 12.1 Å². The number of benzene rings is 2. The largest absolute Gasteiger partial charge is 0.497 e. The Kier molecular flexibility index (Phi) is 6.65. The Morgan fingerprint density at radius 1 is 1.07 bits per heavy atom. The van der Waals surface area contributed by atoms with Crippen molar-refractivity contribution in [3.05, 3.63) is 59.8 Å². The molecule has 1 unspecified atom stereocenters. The van der Waals surface area contributed by atoms with E-state index in [-0.39, 0.29) is 11.9 Å². The van der Waals surface area contributed by atoms with Gasteiger partial charge in [0, 0.05) is 43.7 Å². The van der Waals surface area contributed by atoms with E-state index in [1.54, 1.807) is 14.2 Å². The lowest BCUT2D eigenvalue weighted by Gasteiger charge is -2.30. The number of piperidine rings is 1. The molecule has 2 aliphatic rings. The maximum absolute atomic E-state index is 13.5. The van der Waals surface area contributed by atoms with Crippen molar-refractivity contribution in [2.75, 3.05) is 27.3 Å². The molecule has 1 saturated carbocycles. The summed E-state index contributed by atoms with van der Waals surface area (Å²) in [6.45, 7) is 2.85. The summed E-state index contributed by atoms with van der Waals surface area (Å²) in [5.41, 5.74) is 11.6. The number of fused-ring (bicyclic) bond motifs is 2. The minimum absolute atomic E-state index is 0.0174. The molecule has 2 fully saturated rings. The Morgan fingerprint density at radius 3 is 2.60 bits per heavy atom. The fraction of sp³-hybridized carbons (Fsp3) is 0.406. The van der Waals surface area contributed by atoms with Crippen molar-refractivity contribution >= 4 is 28.0 Å². The molecular formula is C32H37N7O3. The molecule has 0 radical (unpaired) electrons.